The van der Waals surface area contributed by atoms with Gasteiger partial charge in [0.2, 0.25) is 5.91 Å². The molecule has 7 nitrogen and oxygen atoms in total. The fraction of sp³-hybridized carbons (Fsp3) is 0.389. The molecule has 0 aliphatic carbocycles. The molecule has 2 rings (SSSR count). The molecule has 0 aliphatic rings. The molecule has 0 saturated heterocycles. The van der Waals surface area contributed by atoms with Crippen molar-refractivity contribution in [3.8, 4) is 0 Å². The van der Waals surface area contributed by atoms with E-state index < -0.39 is 12.0 Å². The summed E-state index contributed by atoms with van der Waals surface area (Å²) in [5, 5.41) is 17.9. The first-order valence-electron chi connectivity index (χ1n) is 8.34. The van der Waals surface area contributed by atoms with Crippen molar-refractivity contribution in [2.45, 2.75) is 33.4 Å². The maximum Gasteiger partial charge on any atom is 0.320 e. The predicted octanol–water partition coefficient (Wildman–Crippen LogP) is 2.61. The smallest absolute Gasteiger partial charge is 0.320 e. The van der Waals surface area contributed by atoms with Gasteiger partial charge in [0.15, 0.2) is 5.13 Å². The summed E-state index contributed by atoms with van der Waals surface area (Å²) in [6.07, 6.45) is 0. The molecular weight excluding hydrogens is 352 g/mol. The van der Waals surface area contributed by atoms with Gasteiger partial charge in [0.25, 0.3) is 0 Å². The van der Waals surface area contributed by atoms with E-state index in [2.05, 4.69) is 15.6 Å². The molecule has 140 valence electrons. The van der Waals surface area contributed by atoms with E-state index in [1.807, 2.05) is 36.6 Å². The zero-order chi connectivity index (χ0) is 19.1. The van der Waals surface area contributed by atoms with Gasteiger partial charge in [-0.1, -0.05) is 17.7 Å². The molecule has 1 atom stereocenters. The normalized spacial score (nSPS) is 12.0. The molecule has 8 heteroatoms. The molecule has 1 aromatic carbocycles. The van der Waals surface area contributed by atoms with Crippen molar-refractivity contribution in [1.82, 2.24) is 15.2 Å². The van der Waals surface area contributed by atoms with Crippen LogP contribution in [0, 0.1) is 6.92 Å². The Morgan fingerprint density at radius 3 is 2.62 bits per heavy atom. The number of nitrogens with one attached hydrogen (secondary N) is 2. The van der Waals surface area contributed by atoms with Crippen LogP contribution in [-0.4, -0.2) is 46.0 Å². The summed E-state index contributed by atoms with van der Waals surface area (Å²) in [4.78, 5) is 28.7. The summed E-state index contributed by atoms with van der Waals surface area (Å²) in [6.45, 7) is 6.34. The number of carbonyl (C=O) groups is 2. The number of anilines is 2. The molecule has 0 fully saturated rings. The lowest BCUT2D eigenvalue weighted by molar-refractivity contribution is -0.142. The fourth-order valence-corrected chi connectivity index (χ4v) is 3.07. The fourth-order valence-electron chi connectivity index (χ4n) is 2.35. The van der Waals surface area contributed by atoms with E-state index in [-0.39, 0.29) is 5.91 Å². The van der Waals surface area contributed by atoms with Crippen LogP contribution >= 0.6 is 11.3 Å². The van der Waals surface area contributed by atoms with Crippen LogP contribution in [0.4, 0.5) is 10.8 Å². The van der Waals surface area contributed by atoms with Crippen LogP contribution in [0.2, 0.25) is 0 Å². The summed E-state index contributed by atoms with van der Waals surface area (Å²) >= 11 is 1.47. The first-order valence-corrected chi connectivity index (χ1v) is 9.22. The van der Waals surface area contributed by atoms with Gasteiger partial charge in [-0.15, -0.1) is 11.3 Å². The average molecular weight is 376 g/mol. The first-order chi connectivity index (χ1) is 12.3. The second-order valence-electron chi connectivity index (χ2n) is 6.10. The van der Waals surface area contributed by atoms with Gasteiger partial charge in [0.05, 0.1) is 5.69 Å². The molecule has 1 amide bonds. The van der Waals surface area contributed by atoms with Gasteiger partial charge in [0.1, 0.15) is 6.04 Å². The van der Waals surface area contributed by atoms with Crippen LogP contribution in [0.25, 0.3) is 0 Å². The quantitative estimate of drug-likeness (QED) is 0.623. The number of aryl methyl sites for hydroxylation is 1. The highest BCUT2D eigenvalue weighted by Gasteiger charge is 2.21. The Labute approximate surface area is 157 Å². The van der Waals surface area contributed by atoms with E-state index in [1.54, 1.807) is 11.8 Å². The molecule has 0 radical (unpaired) electrons. The van der Waals surface area contributed by atoms with E-state index in [0.29, 0.717) is 19.6 Å². The Hall–Kier alpha value is -2.45. The van der Waals surface area contributed by atoms with Gasteiger partial charge >= 0.3 is 5.97 Å². The zero-order valence-electron chi connectivity index (χ0n) is 15.2. The molecule has 0 saturated carbocycles. The lowest BCUT2D eigenvalue weighted by Gasteiger charge is -2.25. The molecule has 1 unspecified atom stereocenters. The number of nitrogens with zero attached hydrogens (tertiary/aromatic N) is 2. The van der Waals surface area contributed by atoms with Gasteiger partial charge in [-0.2, -0.15) is 0 Å². The van der Waals surface area contributed by atoms with Crippen LogP contribution in [-0.2, 0) is 16.1 Å². The zero-order valence-corrected chi connectivity index (χ0v) is 16.0. The molecule has 1 aromatic heterocycles. The number of thiazole rings is 1. The highest BCUT2D eigenvalue weighted by atomic mass is 32.1. The number of hydrogen-bond acceptors (Lipinski definition) is 6. The second-order valence-corrected chi connectivity index (χ2v) is 6.96. The van der Waals surface area contributed by atoms with Crippen molar-refractivity contribution in [3.05, 3.63) is 40.9 Å². The van der Waals surface area contributed by atoms with Crippen molar-refractivity contribution < 1.29 is 14.7 Å². The molecule has 3 N–H and O–H groups in total. The Morgan fingerprint density at radius 2 is 2.00 bits per heavy atom. The van der Waals surface area contributed by atoms with Crippen molar-refractivity contribution in [2.75, 3.05) is 18.4 Å². The van der Waals surface area contributed by atoms with Crippen molar-refractivity contribution in [1.29, 1.82) is 0 Å². The minimum absolute atomic E-state index is 0.133. The molecule has 0 bridgehead atoms. The van der Waals surface area contributed by atoms with Gasteiger partial charge in [-0.25, -0.2) is 4.98 Å². The number of rotatable bonds is 9. The summed E-state index contributed by atoms with van der Waals surface area (Å²) in [5.74, 6) is -1.03. The van der Waals surface area contributed by atoms with E-state index >= 15 is 0 Å². The average Bonchev–Trinajstić information content (AvgIpc) is 3.02. The Kier molecular flexibility index (Phi) is 7.11. The summed E-state index contributed by atoms with van der Waals surface area (Å²) in [7, 11) is 0. The standard InChI is InChI=1S/C18H24N4O3S/c1-12-4-6-15(7-5-12)20-18-21-16(11-26-18)10-22(13(2)17(24)25)9-8-19-14(3)23/h4-7,11,13H,8-10H2,1-3H3,(H,19,23)(H,20,21)(H,24,25). The lowest BCUT2D eigenvalue weighted by Crippen LogP contribution is -2.42. The summed E-state index contributed by atoms with van der Waals surface area (Å²) < 4.78 is 0. The van der Waals surface area contributed by atoms with Gasteiger partial charge in [-0.05, 0) is 26.0 Å². The Morgan fingerprint density at radius 1 is 1.31 bits per heavy atom. The van der Waals surface area contributed by atoms with E-state index in [9.17, 15) is 14.7 Å². The molecule has 0 aliphatic heterocycles. The van der Waals surface area contributed by atoms with Crippen molar-refractivity contribution >= 4 is 34.0 Å². The molecular formula is C18H24N4O3S. The van der Waals surface area contributed by atoms with Crippen molar-refractivity contribution in [2.24, 2.45) is 0 Å². The molecule has 2 aromatic rings. The summed E-state index contributed by atoms with van der Waals surface area (Å²) in [5.41, 5.74) is 2.94. The molecule has 0 spiro atoms. The molecule has 1 heterocycles. The maximum absolute atomic E-state index is 11.3. The third-order valence-corrected chi connectivity index (χ3v) is 4.70. The first kappa shape index (κ1) is 19.9. The highest BCUT2D eigenvalue weighted by Crippen LogP contribution is 2.22. The van der Waals surface area contributed by atoms with Crippen LogP contribution in [0.1, 0.15) is 25.1 Å². The number of amides is 1. The number of hydrogen-bond donors (Lipinski definition) is 3. The second kappa shape index (κ2) is 9.30. The van der Waals surface area contributed by atoms with Crippen LogP contribution in [0.5, 0.6) is 0 Å². The van der Waals surface area contributed by atoms with E-state index in [0.717, 1.165) is 16.5 Å². The van der Waals surface area contributed by atoms with Gasteiger partial charge in [0, 0.05) is 37.6 Å². The third-order valence-electron chi connectivity index (χ3n) is 3.90. The minimum atomic E-state index is -0.902. The van der Waals surface area contributed by atoms with E-state index in [4.69, 9.17) is 0 Å². The topological polar surface area (TPSA) is 94.6 Å². The highest BCUT2D eigenvalue weighted by molar-refractivity contribution is 7.13. The number of carboxylic acids is 1. The predicted molar refractivity (Wildman–Crippen MR) is 103 cm³/mol. The summed E-state index contributed by atoms with van der Waals surface area (Å²) in [6, 6.07) is 7.36. The van der Waals surface area contributed by atoms with Gasteiger partial charge in [-0.3, -0.25) is 14.5 Å². The number of aliphatic carboxylic acids is 1. The maximum atomic E-state index is 11.3. The van der Waals surface area contributed by atoms with Crippen LogP contribution < -0.4 is 10.6 Å². The van der Waals surface area contributed by atoms with E-state index in [1.165, 1.54) is 23.8 Å². The number of benzene rings is 1. The lowest BCUT2D eigenvalue weighted by atomic mass is 10.2. The number of aromatic nitrogens is 1. The minimum Gasteiger partial charge on any atom is -0.480 e. The third kappa shape index (κ3) is 6.12. The largest absolute Gasteiger partial charge is 0.480 e. The van der Waals surface area contributed by atoms with Crippen LogP contribution in [0.3, 0.4) is 0 Å². The van der Waals surface area contributed by atoms with Crippen molar-refractivity contribution in [3.63, 3.8) is 0 Å². The Balaban J connectivity index is 2.00. The van der Waals surface area contributed by atoms with Crippen LogP contribution in [0.15, 0.2) is 29.6 Å². The SMILES string of the molecule is CC(=O)NCCN(Cc1csc(Nc2ccc(C)cc2)n1)C(C)C(=O)O. The number of carbonyl (C=O) groups excluding carboxylic acids is 1. The molecule has 26 heavy (non-hydrogen) atoms. The number of carboxylic acid groups (broad SMARTS) is 1. The Bertz CT molecular complexity index is 745. The monoisotopic (exact) mass is 376 g/mol. The van der Waals surface area contributed by atoms with Gasteiger partial charge < -0.3 is 15.7 Å².